The van der Waals surface area contributed by atoms with Crippen LogP contribution in [0.2, 0.25) is 0 Å². The molecule has 0 unspecified atom stereocenters. The lowest BCUT2D eigenvalue weighted by molar-refractivity contribution is -0.111. The van der Waals surface area contributed by atoms with Crippen LogP contribution in [0.25, 0.3) is 5.57 Å². The molecule has 0 bridgehead atoms. The molecule has 0 aromatic heterocycles. The van der Waals surface area contributed by atoms with Gasteiger partial charge in [0, 0.05) is 10.5 Å². The van der Waals surface area contributed by atoms with E-state index in [9.17, 15) is 4.79 Å². The van der Waals surface area contributed by atoms with Gasteiger partial charge >= 0.3 is 0 Å². The van der Waals surface area contributed by atoms with E-state index in [0.717, 1.165) is 16.1 Å². The van der Waals surface area contributed by atoms with Gasteiger partial charge < -0.3 is 10.1 Å². The fraction of sp³-hybridized carbons (Fsp3) is 0.0625. The van der Waals surface area contributed by atoms with Gasteiger partial charge in [-0.25, -0.2) is 0 Å². The minimum atomic E-state index is -0.119. The minimum Gasteiger partial charge on any atom is -0.496 e. The molecule has 1 N–H and O–H groups in total. The van der Waals surface area contributed by atoms with Gasteiger partial charge in [-0.1, -0.05) is 42.1 Å². The first-order valence-corrected chi connectivity index (χ1v) is 7.08. The van der Waals surface area contributed by atoms with Gasteiger partial charge in [0.1, 0.15) is 5.75 Å². The molecule has 4 heteroatoms. The van der Waals surface area contributed by atoms with Crippen molar-refractivity contribution in [2.24, 2.45) is 0 Å². The summed E-state index contributed by atoms with van der Waals surface area (Å²) in [6.45, 7) is 0. The average Bonchev–Trinajstić information content (AvgIpc) is 2.65. The summed E-state index contributed by atoms with van der Waals surface area (Å²) >= 11 is 1.53. The summed E-state index contributed by atoms with van der Waals surface area (Å²) in [7, 11) is 1.61. The summed E-state index contributed by atoms with van der Waals surface area (Å²) in [5.41, 5.74) is 2.25. The van der Waals surface area contributed by atoms with Crippen LogP contribution >= 0.6 is 11.8 Å². The number of thioether (sulfide) groups is 1. The maximum absolute atomic E-state index is 12.4. The molecule has 0 fully saturated rings. The van der Waals surface area contributed by atoms with Crippen molar-refractivity contribution in [2.75, 3.05) is 12.4 Å². The largest absolute Gasteiger partial charge is 0.496 e. The number of hydrogen-bond acceptors (Lipinski definition) is 3. The number of hydrogen-bond donors (Lipinski definition) is 1. The quantitative estimate of drug-likeness (QED) is 0.911. The van der Waals surface area contributed by atoms with Crippen molar-refractivity contribution in [3.63, 3.8) is 0 Å². The topological polar surface area (TPSA) is 38.3 Å². The second kappa shape index (κ2) is 5.43. The Morgan fingerprint density at radius 2 is 1.80 bits per heavy atom. The third kappa shape index (κ3) is 2.30. The lowest BCUT2D eigenvalue weighted by Crippen LogP contribution is -2.13. The highest BCUT2D eigenvalue weighted by molar-refractivity contribution is 8.02. The normalized spacial score (nSPS) is 13.8. The van der Waals surface area contributed by atoms with Gasteiger partial charge in [0.05, 0.1) is 18.4 Å². The zero-order chi connectivity index (χ0) is 13.9. The lowest BCUT2D eigenvalue weighted by Gasteiger charge is -2.10. The van der Waals surface area contributed by atoms with Crippen molar-refractivity contribution < 1.29 is 9.53 Å². The highest BCUT2D eigenvalue weighted by Crippen LogP contribution is 2.36. The molecule has 3 rings (SSSR count). The molecule has 2 aromatic rings. The number of para-hydroxylation sites is 2. The Morgan fingerprint density at radius 3 is 2.65 bits per heavy atom. The summed E-state index contributed by atoms with van der Waals surface area (Å²) in [6.07, 6.45) is 0. The van der Waals surface area contributed by atoms with Crippen molar-refractivity contribution in [3.8, 4) is 5.75 Å². The van der Waals surface area contributed by atoms with E-state index >= 15 is 0 Å². The predicted octanol–water partition coefficient (Wildman–Crippen LogP) is 3.78. The lowest BCUT2D eigenvalue weighted by atomic mass is 10.1. The maximum Gasteiger partial charge on any atom is 0.256 e. The monoisotopic (exact) mass is 283 g/mol. The molecule has 1 aliphatic rings. The van der Waals surface area contributed by atoms with Crippen molar-refractivity contribution in [3.05, 3.63) is 59.5 Å². The molecule has 1 heterocycles. The van der Waals surface area contributed by atoms with Crippen LogP contribution in [-0.2, 0) is 4.79 Å². The zero-order valence-electron chi connectivity index (χ0n) is 10.9. The van der Waals surface area contributed by atoms with Gasteiger partial charge in [-0.3, -0.25) is 4.79 Å². The number of carbonyl (C=O) groups excluding carboxylic acids is 1. The maximum atomic E-state index is 12.4. The van der Waals surface area contributed by atoms with E-state index in [1.807, 2.05) is 53.9 Å². The molecule has 0 saturated heterocycles. The number of ether oxygens (including phenoxy) is 1. The molecule has 0 saturated carbocycles. The molecular formula is C16H13NO2S. The first-order chi connectivity index (χ1) is 9.79. The third-order valence-electron chi connectivity index (χ3n) is 3.08. The van der Waals surface area contributed by atoms with E-state index in [-0.39, 0.29) is 5.91 Å². The van der Waals surface area contributed by atoms with E-state index in [2.05, 4.69) is 5.32 Å². The van der Waals surface area contributed by atoms with E-state index < -0.39 is 0 Å². The molecule has 0 atom stereocenters. The fourth-order valence-electron chi connectivity index (χ4n) is 2.09. The smallest absolute Gasteiger partial charge is 0.256 e. The van der Waals surface area contributed by atoms with Gasteiger partial charge in [0.15, 0.2) is 0 Å². The molecule has 100 valence electrons. The van der Waals surface area contributed by atoms with Crippen molar-refractivity contribution in [1.82, 2.24) is 0 Å². The van der Waals surface area contributed by atoms with Crippen LogP contribution in [0.15, 0.2) is 58.8 Å². The molecule has 0 radical (unpaired) electrons. The van der Waals surface area contributed by atoms with Crippen molar-refractivity contribution in [1.29, 1.82) is 0 Å². The highest BCUT2D eigenvalue weighted by Gasteiger charge is 2.20. The van der Waals surface area contributed by atoms with Crippen LogP contribution in [0.4, 0.5) is 5.69 Å². The molecular weight excluding hydrogens is 270 g/mol. The summed E-state index contributed by atoms with van der Waals surface area (Å²) < 4.78 is 5.33. The summed E-state index contributed by atoms with van der Waals surface area (Å²) in [5.74, 6) is 0.576. The predicted molar refractivity (Wildman–Crippen MR) is 81.9 cm³/mol. The Bertz CT molecular complexity index is 694. The number of rotatable bonds is 2. The number of amides is 1. The van der Waals surface area contributed by atoms with Crippen LogP contribution in [0.1, 0.15) is 5.56 Å². The molecule has 3 nitrogen and oxygen atoms in total. The Kier molecular flexibility index (Phi) is 3.48. The second-order valence-corrected chi connectivity index (χ2v) is 5.21. The van der Waals surface area contributed by atoms with Crippen molar-refractivity contribution in [2.45, 2.75) is 4.90 Å². The average molecular weight is 283 g/mol. The van der Waals surface area contributed by atoms with Gasteiger partial charge in [-0.05, 0) is 23.6 Å². The van der Waals surface area contributed by atoms with E-state index in [1.54, 1.807) is 7.11 Å². The Hall–Kier alpha value is -2.20. The summed E-state index contributed by atoms with van der Waals surface area (Å²) in [5, 5.41) is 4.81. The van der Waals surface area contributed by atoms with Crippen LogP contribution in [0.5, 0.6) is 5.75 Å². The van der Waals surface area contributed by atoms with Crippen LogP contribution in [0, 0.1) is 0 Å². The third-order valence-corrected chi connectivity index (χ3v) is 4.04. The van der Waals surface area contributed by atoms with Gasteiger partial charge in [0.2, 0.25) is 0 Å². The minimum absolute atomic E-state index is 0.119. The summed E-state index contributed by atoms with van der Waals surface area (Å²) in [4.78, 5) is 13.4. The standard InChI is InChI=1S/C16H13NO2S/c1-19-14-8-4-2-6-11(14)12-10-20-15-9-5-3-7-13(15)17-16(12)18/h2-10H,1H3,(H,17,18). The van der Waals surface area contributed by atoms with Crippen LogP contribution in [-0.4, -0.2) is 13.0 Å². The Balaban J connectivity index is 2.04. The number of methoxy groups -OCH3 is 1. The Morgan fingerprint density at radius 1 is 1.05 bits per heavy atom. The number of anilines is 1. The Labute approximate surface area is 121 Å². The van der Waals surface area contributed by atoms with E-state index in [4.69, 9.17) is 4.74 Å². The molecule has 2 aromatic carbocycles. The second-order valence-electron chi connectivity index (χ2n) is 4.30. The molecule has 20 heavy (non-hydrogen) atoms. The molecule has 0 aliphatic carbocycles. The SMILES string of the molecule is COc1ccccc1C1=CSc2ccccc2NC1=O. The molecule has 1 aliphatic heterocycles. The number of nitrogens with one attached hydrogen (secondary N) is 1. The zero-order valence-corrected chi connectivity index (χ0v) is 11.7. The first kappa shape index (κ1) is 12.8. The number of benzene rings is 2. The van der Waals surface area contributed by atoms with Crippen LogP contribution in [0.3, 0.4) is 0 Å². The van der Waals surface area contributed by atoms with Crippen LogP contribution < -0.4 is 10.1 Å². The van der Waals surface area contributed by atoms with E-state index in [0.29, 0.717) is 11.3 Å². The number of carbonyl (C=O) groups is 1. The summed E-state index contributed by atoms with van der Waals surface area (Å²) in [6, 6.07) is 15.3. The molecule has 0 spiro atoms. The number of fused-ring (bicyclic) bond motifs is 1. The van der Waals surface area contributed by atoms with Crippen molar-refractivity contribution >= 4 is 28.9 Å². The van der Waals surface area contributed by atoms with E-state index in [1.165, 1.54) is 11.8 Å². The van der Waals surface area contributed by atoms with Gasteiger partial charge in [-0.2, -0.15) is 0 Å². The highest BCUT2D eigenvalue weighted by atomic mass is 32.2. The first-order valence-electron chi connectivity index (χ1n) is 6.20. The molecule has 1 amide bonds. The van der Waals surface area contributed by atoms with Gasteiger partial charge in [0.25, 0.3) is 5.91 Å². The fourth-order valence-corrected chi connectivity index (χ4v) is 2.97. The van der Waals surface area contributed by atoms with Gasteiger partial charge in [-0.15, -0.1) is 0 Å².